The summed E-state index contributed by atoms with van der Waals surface area (Å²) in [5.41, 5.74) is 2.55. The van der Waals surface area contributed by atoms with Crippen molar-refractivity contribution in [2.45, 2.75) is 20.3 Å². The van der Waals surface area contributed by atoms with E-state index in [9.17, 15) is 0 Å². The Bertz CT molecular complexity index is 1050. The number of aromatic nitrogens is 4. The number of nitrogens with zero attached hydrogens (tertiary/aromatic N) is 2. The molecule has 0 bridgehead atoms. The van der Waals surface area contributed by atoms with Crippen LogP contribution in [0.2, 0.25) is 5.02 Å². The van der Waals surface area contributed by atoms with Gasteiger partial charge in [-0.15, -0.1) is 0 Å². The van der Waals surface area contributed by atoms with Gasteiger partial charge in [-0.05, 0) is 37.6 Å². The lowest BCUT2D eigenvalue weighted by molar-refractivity contribution is 0.323. The maximum absolute atomic E-state index is 6.43. The molecule has 0 fully saturated rings. The molecule has 4 aromatic rings. The summed E-state index contributed by atoms with van der Waals surface area (Å²) in [5, 5.41) is 2.34. The summed E-state index contributed by atoms with van der Waals surface area (Å²) in [4.78, 5) is 15.2. The van der Waals surface area contributed by atoms with Crippen LogP contribution in [0.5, 0.6) is 17.6 Å². The molecule has 0 saturated heterocycles. The Morgan fingerprint density at radius 2 is 2.04 bits per heavy atom. The van der Waals surface area contributed by atoms with Gasteiger partial charge in [0.05, 0.1) is 11.6 Å². The summed E-state index contributed by atoms with van der Waals surface area (Å²) in [6.45, 7) is 4.40. The van der Waals surface area contributed by atoms with Crippen molar-refractivity contribution in [3.05, 3.63) is 41.2 Å². The number of rotatable bonds is 5. The second-order valence-corrected chi connectivity index (χ2v) is 5.95. The summed E-state index contributed by atoms with van der Waals surface area (Å²) in [6, 6.07) is 7.94. The van der Waals surface area contributed by atoms with Crippen LogP contribution in [0.3, 0.4) is 0 Å². The molecule has 0 aliphatic heterocycles. The zero-order valence-electron chi connectivity index (χ0n) is 13.9. The first kappa shape index (κ1) is 15.8. The number of halogens is 1. The van der Waals surface area contributed by atoms with Crippen LogP contribution in [0.25, 0.3) is 21.9 Å². The van der Waals surface area contributed by atoms with Gasteiger partial charge >= 0.3 is 6.01 Å². The Balaban J connectivity index is 1.78. The zero-order chi connectivity index (χ0) is 17.4. The van der Waals surface area contributed by atoms with E-state index in [1.807, 2.05) is 44.3 Å². The molecule has 1 aromatic carbocycles. The van der Waals surface area contributed by atoms with Crippen molar-refractivity contribution in [3.63, 3.8) is 0 Å². The topological polar surface area (TPSA) is 75.8 Å². The van der Waals surface area contributed by atoms with Crippen LogP contribution in [0.4, 0.5) is 0 Å². The number of hydrogen-bond donors (Lipinski definition) is 2. The number of fused-ring (bicyclic) bond motifs is 2. The molecule has 6 nitrogen and oxygen atoms in total. The fourth-order valence-electron chi connectivity index (χ4n) is 2.79. The highest BCUT2D eigenvalue weighted by atomic mass is 35.5. The highest BCUT2D eigenvalue weighted by Crippen LogP contribution is 2.35. The number of H-pyrrole nitrogens is 2. The average Bonchev–Trinajstić information content (AvgIpc) is 3.19. The van der Waals surface area contributed by atoms with Gasteiger partial charge in [0, 0.05) is 22.8 Å². The molecule has 0 saturated carbocycles. The Morgan fingerprint density at radius 1 is 1.16 bits per heavy atom. The molecule has 0 spiro atoms. The lowest BCUT2D eigenvalue weighted by Crippen LogP contribution is -1.99. The van der Waals surface area contributed by atoms with Crippen LogP contribution < -0.4 is 9.47 Å². The smallest absolute Gasteiger partial charge is 0.327 e. The number of aryl methyl sites for hydroxylation is 1. The number of ether oxygens (including phenoxy) is 2. The molecule has 3 aromatic heterocycles. The Hall–Kier alpha value is -2.73. The van der Waals surface area contributed by atoms with Crippen LogP contribution in [-0.4, -0.2) is 26.5 Å². The van der Waals surface area contributed by atoms with E-state index in [0.29, 0.717) is 34.3 Å². The first-order chi connectivity index (χ1) is 12.2. The molecular weight excluding hydrogens is 340 g/mol. The molecule has 0 amide bonds. The van der Waals surface area contributed by atoms with Crippen molar-refractivity contribution in [3.8, 4) is 17.6 Å². The third kappa shape index (κ3) is 2.78. The van der Waals surface area contributed by atoms with Crippen molar-refractivity contribution < 1.29 is 9.47 Å². The minimum Gasteiger partial charge on any atom is -0.477 e. The molecule has 25 heavy (non-hydrogen) atoms. The third-order valence-corrected chi connectivity index (χ3v) is 4.39. The van der Waals surface area contributed by atoms with E-state index in [2.05, 4.69) is 19.9 Å². The van der Waals surface area contributed by atoms with E-state index < -0.39 is 0 Å². The first-order valence-corrected chi connectivity index (χ1v) is 8.53. The number of aromatic amines is 2. The molecule has 7 heteroatoms. The fraction of sp³-hybridized carbons (Fsp3) is 0.222. The van der Waals surface area contributed by atoms with Crippen molar-refractivity contribution in [2.24, 2.45) is 0 Å². The summed E-state index contributed by atoms with van der Waals surface area (Å²) in [6.07, 6.45) is 2.65. The second kappa shape index (κ2) is 6.29. The van der Waals surface area contributed by atoms with Gasteiger partial charge in [-0.1, -0.05) is 18.5 Å². The monoisotopic (exact) mass is 356 g/mol. The van der Waals surface area contributed by atoms with E-state index in [0.717, 1.165) is 23.0 Å². The molecule has 0 unspecified atom stereocenters. The molecule has 0 aliphatic rings. The molecule has 0 atom stereocenters. The van der Waals surface area contributed by atoms with Crippen LogP contribution in [-0.2, 0) is 6.42 Å². The van der Waals surface area contributed by atoms with Gasteiger partial charge < -0.3 is 19.4 Å². The van der Waals surface area contributed by atoms with E-state index in [1.54, 1.807) is 0 Å². The standard InChI is InChI=1S/C18H17ClN4O2/c1-3-12-15(19)14-16(21-12)22-18(23-17(14)24-4-2)25-11-5-6-13-10(9-11)7-8-20-13/h5-9,20H,3-4H2,1-2H3,(H,21,22,23). The van der Waals surface area contributed by atoms with Gasteiger partial charge in [0.25, 0.3) is 0 Å². The zero-order valence-corrected chi connectivity index (χ0v) is 14.6. The average molecular weight is 357 g/mol. The lowest BCUT2D eigenvalue weighted by atomic mass is 10.2. The number of benzene rings is 1. The van der Waals surface area contributed by atoms with Crippen LogP contribution in [0.1, 0.15) is 19.5 Å². The summed E-state index contributed by atoms with van der Waals surface area (Å²) < 4.78 is 11.5. The minimum atomic E-state index is 0.214. The van der Waals surface area contributed by atoms with E-state index in [1.165, 1.54) is 0 Å². The summed E-state index contributed by atoms with van der Waals surface area (Å²) in [7, 11) is 0. The van der Waals surface area contributed by atoms with Gasteiger partial charge in [0.15, 0.2) is 0 Å². The molecule has 128 valence electrons. The molecule has 0 aliphatic carbocycles. The van der Waals surface area contributed by atoms with Crippen LogP contribution in [0.15, 0.2) is 30.5 Å². The quantitative estimate of drug-likeness (QED) is 0.536. The highest BCUT2D eigenvalue weighted by molar-refractivity contribution is 6.36. The fourth-order valence-corrected chi connectivity index (χ4v) is 3.14. The van der Waals surface area contributed by atoms with E-state index in [-0.39, 0.29) is 6.01 Å². The third-order valence-electron chi connectivity index (χ3n) is 3.98. The van der Waals surface area contributed by atoms with Gasteiger partial charge in [-0.25, -0.2) is 0 Å². The van der Waals surface area contributed by atoms with Crippen molar-refractivity contribution in [1.29, 1.82) is 0 Å². The Labute approximate surface area is 149 Å². The predicted molar refractivity (Wildman–Crippen MR) is 97.8 cm³/mol. The minimum absolute atomic E-state index is 0.214. The van der Waals surface area contributed by atoms with E-state index in [4.69, 9.17) is 21.1 Å². The van der Waals surface area contributed by atoms with Gasteiger partial charge in [0.2, 0.25) is 5.88 Å². The molecule has 2 N–H and O–H groups in total. The summed E-state index contributed by atoms with van der Waals surface area (Å²) in [5.74, 6) is 1.08. The maximum atomic E-state index is 6.43. The van der Waals surface area contributed by atoms with E-state index >= 15 is 0 Å². The maximum Gasteiger partial charge on any atom is 0.327 e. The second-order valence-electron chi connectivity index (χ2n) is 5.57. The van der Waals surface area contributed by atoms with Gasteiger partial charge in [-0.3, -0.25) is 0 Å². The predicted octanol–water partition coefficient (Wildman–Crippen LogP) is 4.85. The molecular formula is C18H17ClN4O2. The van der Waals surface area contributed by atoms with Crippen molar-refractivity contribution in [2.75, 3.05) is 6.61 Å². The van der Waals surface area contributed by atoms with Crippen molar-refractivity contribution >= 4 is 33.5 Å². The van der Waals surface area contributed by atoms with Gasteiger partial charge in [0.1, 0.15) is 16.8 Å². The van der Waals surface area contributed by atoms with Gasteiger partial charge in [-0.2, -0.15) is 9.97 Å². The molecule has 4 rings (SSSR count). The van der Waals surface area contributed by atoms with Crippen molar-refractivity contribution in [1.82, 2.24) is 19.9 Å². The normalized spacial score (nSPS) is 11.3. The SMILES string of the molecule is CCOc1nc(Oc2ccc3[nH]ccc3c2)nc2[nH]c(CC)c(Cl)c12. The Morgan fingerprint density at radius 3 is 2.84 bits per heavy atom. The summed E-state index contributed by atoms with van der Waals surface area (Å²) >= 11 is 6.43. The first-order valence-electron chi connectivity index (χ1n) is 8.15. The largest absolute Gasteiger partial charge is 0.477 e. The Kier molecular flexibility index (Phi) is 3.97. The number of nitrogens with one attached hydrogen (secondary N) is 2. The molecule has 0 radical (unpaired) electrons. The molecule has 3 heterocycles. The number of hydrogen-bond acceptors (Lipinski definition) is 4. The lowest BCUT2D eigenvalue weighted by Gasteiger charge is -2.08. The van der Waals surface area contributed by atoms with Crippen LogP contribution >= 0.6 is 11.6 Å². The van der Waals surface area contributed by atoms with Crippen LogP contribution in [0, 0.1) is 0 Å². The highest BCUT2D eigenvalue weighted by Gasteiger charge is 2.18.